The van der Waals surface area contributed by atoms with Gasteiger partial charge in [0, 0.05) is 12.1 Å². The predicted octanol–water partition coefficient (Wildman–Crippen LogP) is 4.35. The molecular formula is C21H25NO. The molecule has 0 radical (unpaired) electrons. The first kappa shape index (κ1) is 14.8. The number of likely N-dealkylation sites (tertiary alicyclic amines) is 1. The normalized spacial score (nSPS) is 27.1. The van der Waals surface area contributed by atoms with E-state index in [1.54, 1.807) is 7.11 Å². The van der Waals surface area contributed by atoms with Gasteiger partial charge in [0.25, 0.3) is 0 Å². The first-order chi connectivity index (χ1) is 11.2. The summed E-state index contributed by atoms with van der Waals surface area (Å²) >= 11 is 0. The Morgan fingerprint density at radius 3 is 2.74 bits per heavy atom. The van der Waals surface area contributed by atoms with Crippen LogP contribution in [0.3, 0.4) is 0 Å². The van der Waals surface area contributed by atoms with E-state index >= 15 is 0 Å². The van der Waals surface area contributed by atoms with Crippen LogP contribution in [0.15, 0.2) is 48.5 Å². The number of fused-ring (bicyclic) bond motifs is 1. The van der Waals surface area contributed by atoms with Crippen LogP contribution in [-0.4, -0.2) is 25.1 Å². The molecule has 4 rings (SSSR count). The first-order valence-electron chi connectivity index (χ1n) is 8.68. The van der Waals surface area contributed by atoms with Gasteiger partial charge in [-0.25, -0.2) is 0 Å². The highest BCUT2D eigenvalue weighted by Crippen LogP contribution is 2.45. The monoisotopic (exact) mass is 307 g/mol. The fraction of sp³-hybridized carbons (Fsp3) is 0.429. The van der Waals surface area contributed by atoms with Gasteiger partial charge in [0.1, 0.15) is 5.75 Å². The molecule has 1 heterocycles. The molecule has 1 aliphatic heterocycles. The molecule has 0 aromatic heterocycles. The van der Waals surface area contributed by atoms with Gasteiger partial charge in [-0.15, -0.1) is 0 Å². The average Bonchev–Trinajstić information content (AvgIpc) is 3.22. The molecule has 120 valence electrons. The number of methoxy groups -OCH3 is 1. The number of benzene rings is 2. The lowest BCUT2D eigenvalue weighted by Crippen LogP contribution is -2.40. The maximum absolute atomic E-state index is 5.39. The third kappa shape index (κ3) is 2.46. The van der Waals surface area contributed by atoms with Crippen LogP contribution in [0.1, 0.15) is 42.4 Å². The van der Waals surface area contributed by atoms with Gasteiger partial charge in [0.05, 0.1) is 7.11 Å². The van der Waals surface area contributed by atoms with Crippen LogP contribution in [0.25, 0.3) is 0 Å². The van der Waals surface area contributed by atoms with Gasteiger partial charge in [-0.05, 0) is 67.5 Å². The minimum Gasteiger partial charge on any atom is -0.497 e. The van der Waals surface area contributed by atoms with E-state index in [9.17, 15) is 0 Å². The summed E-state index contributed by atoms with van der Waals surface area (Å²) in [5.74, 6) is 1.66. The van der Waals surface area contributed by atoms with Crippen molar-refractivity contribution in [1.82, 2.24) is 4.90 Å². The van der Waals surface area contributed by atoms with Crippen molar-refractivity contribution >= 4 is 0 Å². The predicted molar refractivity (Wildman–Crippen MR) is 94.0 cm³/mol. The summed E-state index contributed by atoms with van der Waals surface area (Å²) in [5.41, 5.74) is 4.65. The molecular weight excluding hydrogens is 282 g/mol. The minimum atomic E-state index is 0.186. The quantitative estimate of drug-likeness (QED) is 0.836. The molecule has 2 heteroatoms. The van der Waals surface area contributed by atoms with E-state index in [4.69, 9.17) is 4.74 Å². The van der Waals surface area contributed by atoms with Crippen molar-refractivity contribution in [2.75, 3.05) is 20.2 Å². The SMILES string of the molecule is COc1ccc2c(c1)CCC2(C)N1CCC(c2ccccc2)C1. The number of hydrogen-bond donors (Lipinski definition) is 0. The zero-order valence-electron chi connectivity index (χ0n) is 14.1. The molecule has 1 aliphatic carbocycles. The molecule has 1 fully saturated rings. The molecule has 2 nitrogen and oxygen atoms in total. The van der Waals surface area contributed by atoms with Crippen molar-refractivity contribution in [2.24, 2.45) is 0 Å². The van der Waals surface area contributed by atoms with Gasteiger partial charge in [0.15, 0.2) is 0 Å². The Bertz CT molecular complexity index is 696. The maximum Gasteiger partial charge on any atom is 0.119 e. The zero-order valence-corrected chi connectivity index (χ0v) is 14.1. The molecule has 2 atom stereocenters. The van der Waals surface area contributed by atoms with Crippen LogP contribution in [0.5, 0.6) is 5.75 Å². The van der Waals surface area contributed by atoms with Crippen LogP contribution >= 0.6 is 0 Å². The molecule has 0 saturated carbocycles. The molecule has 2 aromatic rings. The number of nitrogens with zero attached hydrogens (tertiary/aromatic N) is 1. The fourth-order valence-corrected chi connectivity index (χ4v) is 4.48. The Hall–Kier alpha value is -1.80. The molecule has 0 amide bonds. The maximum atomic E-state index is 5.39. The summed E-state index contributed by atoms with van der Waals surface area (Å²) in [6.07, 6.45) is 3.65. The third-order valence-corrected chi connectivity index (χ3v) is 5.93. The van der Waals surface area contributed by atoms with Crippen molar-refractivity contribution in [3.05, 3.63) is 65.2 Å². The molecule has 2 aliphatic rings. The van der Waals surface area contributed by atoms with E-state index in [0.29, 0.717) is 5.92 Å². The highest BCUT2D eigenvalue weighted by Gasteiger charge is 2.42. The third-order valence-electron chi connectivity index (χ3n) is 5.93. The van der Waals surface area contributed by atoms with Gasteiger partial charge >= 0.3 is 0 Å². The van der Waals surface area contributed by atoms with Gasteiger partial charge in [-0.3, -0.25) is 4.90 Å². The molecule has 2 aromatic carbocycles. The van der Waals surface area contributed by atoms with Crippen molar-refractivity contribution in [1.29, 1.82) is 0 Å². The van der Waals surface area contributed by atoms with E-state index in [1.165, 1.54) is 42.6 Å². The molecule has 0 bridgehead atoms. The number of ether oxygens (including phenoxy) is 1. The van der Waals surface area contributed by atoms with Crippen LogP contribution in [0, 0.1) is 0 Å². The van der Waals surface area contributed by atoms with Crippen molar-refractivity contribution in [3.63, 3.8) is 0 Å². The number of rotatable bonds is 3. The van der Waals surface area contributed by atoms with Gasteiger partial charge in [-0.1, -0.05) is 36.4 Å². The summed E-state index contributed by atoms with van der Waals surface area (Å²) in [7, 11) is 1.75. The Morgan fingerprint density at radius 1 is 1.13 bits per heavy atom. The van der Waals surface area contributed by atoms with Crippen LogP contribution in [0.2, 0.25) is 0 Å². The van der Waals surface area contributed by atoms with Crippen LogP contribution in [0.4, 0.5) is 0 Å². The van der Waals surface area contributed by atoms with E-state index in [2.05, 4.69) is 60.4 Å². The van der Waals surface area contributed by atoms with Gasteiger partial charge in [-0.2, -0.15) is 0 Å². The highest BCUT2D eigenvalue weighted by atomic mass is 16.5. The van der Waals surface area contributed by atoms with Crippen LogP contribution in [-0.2, 0) is 12.0 Å². The summed E-state index contributed by atoms with van der Waals surface area (Å²) in [6, 6.07) is 17.6. The van der Waals surface area contributed by atoms with Crippen LogP contribution < -0.4 is 4.74 Å². The van der Waals surface area contributed by atoms with Gasteiger partial charge in [0.2, 0.25) is 0 Å². The van der Waals surface area contributed by atoms with E-state index in [-0.39, 0.29) is 5.54 Å². The summed E-state index contributed by atoms with van der Waals surface area (Å²) < 4.78 is 5.39. The van der Waals surface area contributed by atoms with E-state index < -0.39 is 0 Å². The van der Waals surface area contributed by atoms with Crippen molar-refractivity contribution in [3.8, 4) is 5.75 Å². The number of hydrogen-bond acceptors (Lipinski definition) is 2. The summed E-state index contributed by atoms with van der Waals surface area (Å²) in [6.45, 7) is 4.80. The molecule has 1 saturated heterocycles. The smallest absolute Gasteiger partial charge is 0.119 e. The summed E-state index contributed by atoms with van der Waals surface area (Å²) in [5, 5.41) is 0. The Kier molecular flexibility index (Phi) is 3.65. The summed E-state index contributed by atoms with van der Waals surface area (Å²) in [4.78, 5) is 2.71. The second-order valence-corrected chi connectivity index (χ2v) is 7.14. The largest absolute Gasteiger partial charge is 0.497 e. The van der Waals surface area contributed by atoms with E-state index in [0.717, 1.165) is 12.2 Å². The topological polar surface area (TPSA) is 12.5 Å². The van der Waals surface area contributed by atoms with E-state index in [1.807, 2.05) is 0 Å². The van der Waals surface area contributed by atoms with Gasteiger partial charge < -0.3 is 4.74 Å². The minimum absolute atomic E-state index is 0.186. The average molecular weight is 307 g/mol. The lowest BCUT2D eigenvalue weighted by atomic mass is 9.92. The molecule has 0 spiro atoms. The van der Waals surface area contributed by atoms with Crippen molar-refractivity contribution < 1.29 is 4.74 Å². The number of aryl methyl sites for hydroxylation is 1. The lowest BCUT2D eigenvalue weighted by Gasteiger charge is -2.36. The Morgan fingerprint density at radius 2 is 1.96 bits per heavy atom. The second kappa shape index (κ2) is 5.68. The first-order valence-corrected chi connectivity index (χ1v) is 8.68. The zero-order chi connectivity index (χ0) is 15.9. The highest BCUT2D eigenvalue weighted by molar-refractivity contribution is 5.43. The second-order valence-electron chi connectivity index (χ2n) is 7.14. The molecule has 0 N–H and O–H groups in total. The lowest BCUT2D eigenvalue weighted by molar-refractivity contribution is 0.134. The molecule has 23 heavy (non-hydrogen) atoms. The fourth-order valence-electron chi connectivity index (χ4n) is 4.48. The molecule has 2 unspecified atom stereocenters. The van der Waals surface area contributed by atoms with Crippen molar-refractivity contribution in [2.45, 2.75) is 37.6 Å². The Balaban J connectivity index is 1.58. The standard InChI is InChI=1S/C21H25NO/c1-21(12-10-17-14-19(23-2)8-9-20(17)21)22-13-11-18(15-22)16-6-4-3-5-7-16/h3-9,14,18H,10-13,15H2,1-2H3. The Labute approximate surface area is 139 Å².